The average Bonchev–Trinajstić information content (AvgIpc) is 2.70. The maximum atomic E-state index is 14.6. The fourth-order valence-corrected chi connectivity index (χ4v) is 3.13. The average molecular weight is 421 g/mol. The molecule has 1 aliphatic rings. The molecular formula is C21H26ClFN4O2. The van der Waals surface area contributed by atoms with Gasteiger partial charge in [0, 0.05) is 18.8 Å². The molecule has 0 spiro atoms. The maximum absolute atomic E-state index is 14.6. The lowest BCUT2D eigenvalue weighted by Gasteiger charge is -2.19. The summed E-state index contributed by atoms with van der Waals surface area (Å²) >= 11 is 0. The summed E-state index contributed by atoms with van der Waals surface area (Å²) in [6, 6.07) is 10.2. The fourth-order valence-electron chi connectivity index (χ4n) is 3.13. The summed E-state index contributed by atoms with van der Waals surface area (Å²) in [6.45, 7) is 3.97. The zero-order valence-electron chi connectivity index (χ0n) is 16.3. The standard InChI is InChI=1S/C21H25FN4O2.ClH/c1-2-10-24-21(28)25-16-6-3-14(4-7-16)12-19(27)26-18-8-5-15-13-23-11-9-17(15)20(18)22;/h3-8,23H,2,9-13H2,1H3,(H,26,27)(H2,24,25,28);1H. The summed E-state index contributed by atoms with van der Waals surface area (Å²) in [5.41, 5.74) is 3.25. The second-order valence-corrected chi connectivity index (χ2v) is 6.79. The van der Waals surface area contributed by atoms with Crippen molar-refractivity contribution in [2.24, 2.45) is 0 Å². The Bertz CT molecular complexity index is 859. The molecule has 6 nitrogen and oxygen atoms in total. The minimum atomic E-state index is -0.343. The van der Waals surface area contributed by atoms with E-state index in [0.29, 0.717) is 30.8 Å². The van der Waals surface area contributed by atoms with Gasteiger partial charge in [0.15, 0.2) is 0 Å². The predicted molar refractivity (Wildman–Crippen MR) is 115 cm³/mol. The van der Waals surface area contributed by atoms with Gasteiger partial charge in [0.25, 0.3) is 0 Å². The SMILES string of the molecule is CCCNC(=O)Nc1ccc(CC(=O)Nc2ccc3c(c2F)CCNC3)cc1.Cl. The van der Waals surface area contributed by atoms with E-state index >= 15 is 0 Å². The lowest BCUT2D eigenvalue weighted by molar-refractivity contribution is -0.115. The zero-order chi connectivity index (χ0) is 19.9. The topological polar surface area (TPSA) is 82.3 Å². The molecule has 1 aliphatic heterocycles. The first kappa shape index (κ1) is 22.6. The number of carbonyl (C=O) groups is 2. The van der Waals surface area contributed by atoms with E-state index in [-0.39, 0.29) is 42.3 Å². The van der Waals surface area contributed by atoms with Crippen molar-refractivity contribution in [1.29, 1.82) is 0 Å². The Morgan fingerprint density at radius 1 is 1.10 bits per heavy atom. The summed E-state index contributed by atoms with van der Waals surface area (Å²) in [6.07, 6.45) is 1.61. The van der Waals surface area contributed by atoms with Gasteiger partial charge in [-0.2, -0.15) is 0 Å². The van der Waals surface area contributed by atoms with Crippen LogP contribution in [0.2, 0.25) is 0 Å². The van der Waals surface area contributed by atoms with Gasteiger partial charge in [-0.15, -0.1) is 12.4 Å². The third kappa shape index (κ3) is 6.17. The molecule has 156 valence electrons. The van der Waals surface area contributed by atoms with Crippen LogP contribution in [-0.4, -0.2) is 25.0 Å². The summed E-state index contributed by atoms with van der Waals surface area (Å²) in [5, 5.41) is 11.3. The fraction of sp³-hybridized carbons (Fsp3) is 0.333. The molecular weight excluding hydrogens is 395 g/mol. The van der Waals surface area contributed by atoms with Crippen LogP contribution in [0.15, 0.2) is 36.4 Å². The Hall–Kier alpha value is -2.64. The van der Waals surface area contributed by atoms with Gasteiger partial charge in [-0.05, 0) is 54.3 Å². The van der Waals surface area contributed by atoms with Crippen LogP contribution in [0.4, 0.5) is 20.6 Å². The van der Waals surface area contributed by atoms with Crippen molar-refractivity contribution in [2.45, 2.75) is 32.7 Å². The van der Waals surface area contributed by atoms with Gasteiger partial charge in [-0.3, -0.25) is 4.79 Å². The third-order valence-corrected chi connectivity index (χ3v) is 4.59. The van der Waals surface area contributed by atoms with Crippen molar-refractivity contribution >= 4 is 35.7 Å². The lowest BCUT2D eigenvalue weighted by atomic mass is 9.99. The molecule has 8 heteroatoms. The van der Waals surface area contributed by atoms with Crippen LogP contribution < -0.4 is 21.3 Å². The highest BCUT2D eigenvalue weighted by atomic mass is 35.5. The molecule has 0 fully saturated rings. The van der Waals surface area contributed by atoms with E-state index in [4.69, 9.17) is 0 Å². The number of amides is 3. The molecule has 4 N–H and O–H groups in total. The number of fused-ring (bicyclic) bond motifs is 1. The molecule has 0 radical (unpaired) electrons. The predicted octanol–water partition coefficient (Wildman–Crippen LogP) is 3.61. The first-order valence-corrected chi connectivity index (χ1v) is 9.51. The first-order valence-electron chi connectivity index (χ1n) is 9.51. The number of benzene rings is 2. The van der Waals surface area contributed by atoms with E-state index in [1.165, 1.54) is 0 Å². The Morgan fingerprint density at radius 3 is 2.59 bits per heavy atom. The second kappa shape index (κ2) is 10.8. The second-order valence-electron chi connectivity index (χ2n) is 6.79. The number of nitrogens with one attached hydrogen (secondary N) is 4. The molecule has 1 heterocycles. The van der Waals surface area contributed by atoms with E-state index in [2.05, 4.69) is 21.3 Å². The summed E-state index contributed by atoms with van der Waals surface area (Å²) in [7, 11) is 0. The Morgan fingerprint density at radius 2 is 1.86 bits per heavy atom. The number of halogens is 2. The van der Waals surface area contributed by atoms with Crippen LogP contribution in [0.5, 0.6) is 0 Å². The Kier molecular flexibility index (Phi) is 8.42. The van der Waals surface area contributed by atoms with Crippen molar-refractivity contribution in [2.75, 3.05) is 23.7 Å². The molecule has 3 rings (SSSR count). The van der Waals surface area contributed by atoms with E-state index < -0.39 is 0 Å². The first-order chi connectivity index (χ1) is 13.6. The third-order valence-electron chi connectivity index (χ3n) is 4.59. The van der Waals surface area contributed by atoms with Gasteiger partial charge < -0.3 is 21.3 Å². The van der Waals surface area contributed by atoms with Gasteiger partial charge in [0.2, 0.25) is 5.91 Å². The van der Waals surface area contributed by atoms with Crippen molar-refractivity contribution in [3.8, 4) is 0 Å². The highest BCUT2D eigenvalue weighted by Crippen LogP contribution is 2.24. The number of hydrogen-bond acceptors (Lipinski definition) is 3. The van der Waals surface area contributed by atoms with Crippen LogP contribution in [-0.2, 0) is 24.2 Å². The molecule has 0 aliphatic carbocycles. The normalized spacial score (nSPS) is 12.3. The van der Waals surface area contributed by atoms with Crippen LogP contribution in [0, 0.1) is 5.82 Å². The summed E-state index contributed by atoms with van der Waals surface area (Å²) in [5.74, 6) is -0.626. The van der Waals surface area contributed by atoms with E-state index in [1.807, 2.05) is 13.0 Å². The van der Waals surface area contributed by atoms with Crippen LogP contribution in [0.25, 0.3) is 0 Å². The van der Waals surface area contributed by atoms with Crippen LogP contribution in [0.1, 0.15) is 30.0 Å². The molecule has 29 heavy (non-hydrogen) atoms. The van der Waals surface area contributed by atoms with Crippen molar-refractivity contribution < 1.29 is 14.0 Å². The maximum Gasteiger partial charge on any atom is 0.319 e. The quantitative estimate of drug-likeness (QED) is 0.576. The van der Waals surface area contributed by atoms with Gasteiger partial charge in [0.1, 0.15) is 5.82 Å². The molecule has 0 atom stereocenters. The van der Waals surface area contributed by atoms with E-state index in [9.17, 15) is 14.0 Å². The van der Waals surface area contributed by atoms with Crippen molar-refractivity contribution in [1.82, 2.24) is 10.6 Å². The Labute approximate surface area is 176 Å². The zero-order valence-corrected chi connectivity index (χ0v) is 17.1. The lowest BCUT2D eigenvalue weighted by Crippen LogP contribution is -2.29. The van der Waals surface area contributed by atoms with E-state index in [1.54, 1.807) is 30.3 Å². The van der Waals surface area contributed by atoms with Gasteiger partial charge in [0.05, 0.1) is 12.1 Å². The molecule has 0 aromatic heterocycles. The molecule has 2 aromatic rings. The summed E-state index contributed by atoms with van der Waals surface area (Å²) in [4.78, 5) is 24.0. The highest BCUT2D eigenvalue weighted by Gasteiger charge is 2.17. The molecule has 0 saturated carbocycles. The highest BCUT2D eigenvalue weighted by molar-refractivity contribution is 5.93. The van der Waals surface area contributed by atoms with Crippen LogP contribution >= 0.6 is 12.4 Å². The molecule has 0 saturated heterocycles. The van der Waals surface area contributed by atoms with Crippen molar-refractivity contribution in [3.63, 3.8) is 0 Å². The van der Waals surface area contributed by atoms with Crippen LogP contribution in [0.3, 0.4) is 0 Å². The van der Waals surface area contributed by atoms with Gasteiger partial charge in [-0.25, -0.2) is 9.18 Å². The molecule has 0 unspecified atom stereocenters. The number of carbonyl (C=O) groups excluding carboxylic acids is 2. The van der Waals surface area contributed by atoms with Gasteiger partial charge >= 0.3 is 6.03 Å². The summed E-state index contributed by atoms with van der Waals surface area (Å²) < 4.78 is 14.6. The minimum absolute atomic E-state index is 0. The van der Waals surface area contributed by atoms with Gasteiger partial charge in [-0.1, -0.05) is 25.1 Å². The molecule has 2 aromatic carbocycles. The smallest absolute Gasteiger partial charge is 0.319 e. The molecule has 0 bridgehead atoms. The monoisotopic (exact) mass is 420 g/mol. The number of rotatable bonds is 6. The number of urea groups is 1. The molecule has 3 amide bonds. The van der Waals surface area contributed by atoms with Crippen molar-refractivity contribution in [3.05, 3.63) is 58.9 Å². The minimum Gasteiger partial charge on any atom is -0.338 e. The van der Waals surface area contributed by atoms with E-state index in [0.717, 1.165) is 24.1 Å². The number of anilines is 2. The largest absolute Gasteiger partial charge is 0.338 e. The number of hydrogen-bond donors (Lipinski definition) is 4. The Balaban J connectivity index is 0.00000300.